The van der Waals surface area contributed by atoms with Crippen LogP contribution in [0.2, 0.25) is 5.02 Å². The van der Waals surface area contributed by atoms with E-state index in [0.29, 0.717) is 10.2 Å². The summed E-state index contributed by atoms with van der Waals surface area (Å²) in [5.41, 5.74) is 4.02. The van der Waals surface area contributed by atoms with Gasteiger partial charge in [0.1, 0.15) is 11.9 Å². The molecule has 0 saturated carbocycles. The van der Waals surface area contributed by atoms with E-state index in [4.69, 9.17) is 16.3 Å². The molecular formula is C24H22Cl2N4O2S. The number of aromatic nitrogens is 3. The third-order valence-electron chi connectivity index (χ3n) is 5.58. The van der Waals surface area contributed by atoms with Crippen LogP contribution in [0.15, 0.2) is 60.1 Å². The molecule has 6 nitrogen and oxygen atoms in total. The Bertz CT molecular complexity index is 1270. The predicted octanol–water partition coefficient (Wildman–Crippen LogP) is 1.82. The van der Waals surface area contributed by atoms with Gasteiger partial charge in [0.2, 0.25) is 0 Å². The van der Waals surface area contributed by atoms with E-state index in [1.807, 2.05) is 58.5 Å². The van der Waals surface area contributed by atoms with E-state index < -0.39 is 0 Å². The van der Waals surface area contributed by atoms with Gasteiger partial charge >= 0.3 is 0 Å². The van der Waals surface area contributed by atoms with Gasteiger partial charge in [0.25, 0.3) is 11.7 Å². The van der Waals surface area contributed by atoms with Crippen LogP contribution in [0.1, 0.15) is 12.2 Å². The number of nitrogens with zero attached hydrogens (tertiary/aromatic N) is 3. The van der Waals surface area contributed by atoms with Gasteiger partial charge in [-0.1, -0.05) is 11.6 Å². The summed E-state index contributed by atoms with van der Waals surface area (Å²) < 4.78 is 9.54. The number of carbonyl (C=O) groups excluding carboxylic acids is 1. The lowest BCUT2D eigenvalue weighted by molar-refractivity contribution is -0.690. The maximum absolute atomic E-state index is 12.8. The average molecular weight is 501 g/mol. The number of thiazole rings is 1. The van der Waals surface area contributed by atoms with Crippen molar-refractivity contribution in [1.82, 2.24) is 9.55 Å². The number of hydrogen-bond acceptors (Lipinski definition) is 4. The van der Waals surface area contributed by atoms with Crippen LogP contribution in [0.5, 0.6) is 5.75 Å². The number of nitrogens with one attached hydrogen (secondary N) is 1. The molecule has 4 aromatic rings. The molecule has 0 fully saturated rings. The van der Waals surface area contributed by atoms with E-state index in [0.717, 1.165) is 47.7 Å². The minimum Gasteiger partial charge on any atom is -1.00 e. The molecule has 5 rings (SSSR count). The molecule has 1 aliphatic heterocycles. The zero-order valence-electron chi connectivity index (χ0n) is 17.9. The summed E-state index contributed by atoms with van der Waals surface area (Å²) >= 11 is 7.47. The van der Waals surface area contributed by atoms with Crippen molar-refractivity contribution in [2.75, 3.05) is 12.4 Å². The molecule has 0 saturated heterocycles. The highest BCUT2D eigenvalue weighted by Gasteiger charge is 2.29. The fourth-order valence-electron chi connectivity index (χ4n) is 4.04. The van der Waals surface area contributed by atoms with Gasteiger partial charge in [-0.15, -0.1) is 11.3 Å². The summed E-state index contributed by atoms with van der Waals surface area (Å²) in [6, 6.07) is 15.5. The maximum Gasteiger partial charge on any atom is 0.268 e. The molecule has 0 atom stereocenters. The molecule has 0 spiro atoms. The summed E-state index contributed by atoms with van der Waals surface area (Å²) in [5, 5.41) is 6.20. The zero-order valence-corrected chi connectivity index (χ0v) is 20.3. The van der Waals surface area contributed by atoms with Crippen LogP contribution in [0.4, 0.5) is 5.13 Å². The molecule has 0 aliphatic carbocycles. The van der Waals surface area contributed by atoms with Gasteiger partial charge in [-0.05, 0) is 55.0 Å². The highest BCUT2D eigenvalue weighted by molar-refractivity contribution is 7.14. The minimum absolute atomic E-state index is 0. The molecule has 170 valence electrons. The Hall–Kier alpha value is -2.87. The predicted molar refractivity (Wildman–Crippen MR) is 126 cm³/mol. The Morgan fingerprint density at radius 2 is 1.91 bits per heavy atom. The topological polar surface area (TPSA) is 60.0 Å². The molecular weight excluding hydrogens is 479 g/mol. The standard InChI is InChI=1S/C24H21ClN4O2S.ClH/c1-31-19-10-6-16(7-11-19)20-15-32-24(26-20)27-22(30)14-28-13-21(29-12-2-3-23(28)29)17-4-8-18(25)9-5-17;/h4-11,13,15H,2-3,12,14H2,1H3;1H. The Labute approximate surface area is 207 Å². The van der Waals surface area contributed by atoms with Crippen molar-refractivity contribution in [3.63, 3.8) is 0 Å². The largest absolute Gasteiger partial charge is 1.00 e. The molecule has 1 N–H and O–H groups in total. The fraction of sp³-hybridized carbons (Fsp3) is 0.208. The molecule has 1 aliphatic rings. The third kappa shape index (κ3) is 4.90. The van der Waals surface area contributed by atoms with Gasteiger partial charge in [-0.2, -0.15) is 0 Å². The molecule has 9 heteroatoms. The number of fused-ring (bicyclic) bond motifs is 1. The number of imidazole rings is 1. The first-order chi connectivity index (χ1) is 15.6. The van der Waals surface area contributed by atoms with Gasteiger partial charge in [0, 0.05) is 21.5 Å². The van der Waals surface area contributed by atoms with Gasteiger partial charge in [0.05, 0.1) is 25.8 Å². The number of halogens is 2. The van der Waals surface area contributed by atoms with Crippen molar-refractivity contribution in [2.45, 2.75) is 25.9 Å². The number of carbonyl (C=O) groups is 1. The minimum atomic E-state index is -0.0893. The molecule has 0 unspecified atom stereocenters. The van der Waals surface area contributed by atoms with Crippen molar-refractivity contribution < 1.29 is 26.5 Å². The number of amides is 1. The number of rotatable bonds is 6. The van der Waals surface area contributed by atoms with Gasteiger partial charge in [-0.25, -0.2) is 14.1 Å². The molecule has 3 heterocycles. The van der Waals surface area contributed by atoms with Gasteiger partial charge in [-0.3, -0.25) is 10.1 Å². The summed E-state index contributed by atoms with van der Waals surface area (Å²) in [4.78, 5) is 17.4. The lowest BCUT2D eigenvalue weighted by Gasteiger charge is -2.01. The van der Waals surface area contributed by atoms with E-state index in [1.165, 1.54) is 17.2 Å². The lowest BCUT2D eigenvalue weighted by Crippen LogP contribution is -3.00. The normalized spacial score (nSPS) is 12.2. The van der Waals surface area contributed by atoms with Crippen molar-refractivity contribution in [2.24, 2.45) is 0 Å². The Balaban J connectivity index is 0.00000259. The average Bonchev–Trinajstić information content (AvgIpc) is 3.53. The van der Waals surface area contributed by atoms with Crippen LogP contribution in [0.3, 0.4) is 0 Å². The van der Waals surface area contributed by atoms with E-state index >= 15 is 0 Å². The monoisotopic (exact) mass is 500 g/mol. The van der Waals surface area contributed by atoms with Crippen LogP contribution in [-0.2, 0) is 24.3 Å². The summed E-state index contributed by atoms with van der Waals surface area (Å²) in [6.45, 7) is 1.21. The number of benzene rings is 2. The third-order valence-corrected chi connectivity index (χ3v) is 6.59. The summed E-state index contributed by atoms with van der Waals surface area (Å²) in [7, 11) is 1.64. The Kier molecular flexibility index (Phi) is 7.02. The second-order valence-electron chi connectivity index (χ2n) is 7.64. The quantitative estimate of drug-likeness (QED) is 0.410. The zero-order chi connectivity index (χ0) is 22.1. The summed E-state index contributed by atoms with van der Waals surface area (Å²) in [6.07, 6.45) is 4.10. The van der Waals surface area contributed by atoms with E-state index in [9.17, 15) is 4.79 Å². The number of methoxy groups -OCH3 is 1. The molecule has 0 radical (unpaired) electrons. The fourth-order valence-corrected chi connectivity index (χ4v) is 4.90. The highest BCUT2D eigenvalue weighted by atomic mass is 35.5. The second-order valence-corrected chi connectivity index (χ2v) is 8.93. The molecule has 2 aromatic heterocycles. The van der Waals surface area contributed by atoms with E-state index in [1.54, 1.807) is 7.11 Å². The maximum atomic E-state index is 12.8. The van der Waals surface area contributed by atoms with Crippen LogP contribution >= 0.6 is 22.9 Å². The van der Waals surface area contributed by atoms with Crippen molar-refractivity contribution in [1.29, 1.82) is 0 Å². The van der Waals surface area contributed by atoms with Gasteiger partial charge in [0.15, 0.2) is 17.4 Å². The summed E-state index contributed by atoms with van der Waals surface area (Å²) in [5.74, 6) is 1.88. The van der Waals surface area contributed by atoms with E-state index in [2.05, 4.69) is 21.1 Å². The number of ether oxygens (including phenoxy) is 1. The van der Waals surface area contributed by atoms with Crippen LogP contribution in [-0.4, -0.2) is 22.6 Å². The van der Waals surface area contributed by atoms with Crippen molar-refractivity contribution in [3.8, 4) is 28.3 Å². The number of hydrogen-bond donors (Lipinski definition) is 1. The smallest absolute Gasteiger partial charge is 0.268 e. The van der Waals surface area contributed by atoms with Gasteiger partial charge < -0.3 is 17.1 Å². The molecule has 2 aromatic carbocycles. The Morgan fingerprint density at radius 3 is 2.64 bits per heavy atom. The first-order valence-electron chi connectivity index (χ1n) is 10.4. The van der Waals surface area contributed by atoms with Crippen molar-refractivity contribution >= 4 is 34.0 Å². The molecule has 33 heavy (non-hydrogen) atoms. The SMILES string of the molecule is COc1ccc(-c2csc(NC(=O)C[n+]3cc(-c4ccc(Cl)cc4)n4c3CCC4)n2)cc1.[Cl-]. The highest BCUT2D eigenvalue weighted by Crippen LogP contribution is 2.27. The number of anilines is 1. The van der Waals surface area contributed by atoms with Crippen LogP contribution in [0.25, 0.3) is 22.5 Å². The Morgan fingerprint density at radius 1 is 1.18 bits per heavy atom. The first kappa shape index (κ1) is 23.3. The second kappa shape index (κ2) is 9.95. The first-order valence-corrected chi connectivity index (χ1v) is 11.6. The molecule has 0 bridgehead atoms. The van der Waals surface area contributed by atoms with Crippen LogP contribution < -0.4 is 27.0 Å². The van der Waals surface area contributed by atoms with Crippen LogP contribution in [0, 0.1) is 0 Å². The van der Waals surface area contributed by atoms with E-state index in [-0.39, 0.29) is 24.9 Å². The lowest BCUT2D eigenvalue weighted by atomic mass is 10.2. The molecule has 1 amide bonds. The van der Waals surface area contributed by atoms with Crippen molar-refractivity contribution in [3.05, 3.63) is 71.0 Å².